The molecule has 0 spiro atoms. The molecule has 1 atom stereocenters. The predicted molar refractivity (Wildman–Crippen MR) is 119 cm³/mol. The van der Waals surface area contributed by atoms with Crippen LogP contribution in [0.3, 0.4) is 0 Å². The van der Waals surface area contributed by atoms with Crippen LogP contribution in [0.2, 0.25) is 0 Å². The van der Waals surface area contributed by atoms with Crippen LogP contribution in [0.4, 0.5) is 5.69 Å². The lowest BCUT2D eigenvalue weighted by molar-refractivity contribution is -0.142. The maximum Gasteiger partial charge on any atom is 0.322 e. The first-order chi connectivity index (χ1) is 14.7. The van der Waals surface area contributed by atoms with Gasteiger partial charge < -0.3 is 20.1 Å². The van der Waals surface area contributed by atoms with Gasteiger partial charge in [-0.05, 0) is 67.9 Å². The summed E-state index contributed by atoms with van der Waals surface area (Å²) in [6.45, 7) is 3.01. The van der Waals surface area contributed by atoms with Crippen molar-refractivity contribution in [1.82, 2.24) is 4.98 Å². The minimum absolute atomic E-state index is 0.390. The molecule has 0 saturated carbocycles. The highest BCUT2D eigenvalue weighted by atomic mass is 16.5. The molecule has 0 aliphatic carbocycles. The Hall–Kier alpha value is -2.60. The topological polar surface area (TPSA) is 77.7 Å². The molecule has 1 fully saturated rings. The normalized spacial score (nSPS) is 15.6. The quantitative estimate of drug-likeness (QED) is 0.476. The number of ether oxygens (including phenoxy) is 2. The average Bonchev–Trinajstić information content (AvgIpc) is 2.80. The van der Waals surface area contributed by atoms with E-state index in [9.17, 15) is 4.79 Å². The second kappa shape index (κ2) is 11.6. The summed E-state index contributed by atoms with van der Waals surface area (Å²) in [4.78, 5) is 18.0. The van der Waals surface area contributed by atoms with E-state index >= 15 is 0 Å². The van der Waals surface area contributed by atoms with Crippen molar-refractivity contribution in [3.05, 3.63) is 54.4 Å². The van der Waals surface area contributed by atoms with Gasteiger partial charge in [-0.1, -0.05) is 18.6 Å². The molecule has 30 heavy (non-hydrogen) atoms. The van der Waals surface area contributed by atoms with Crippen molar-refractivity contribution in [2.45, 2.75) is 44.6 Å². The summed E-state index contributed by atoms with van der Waals surface area (Å²) in [6, 6.07) is 11.3. The van der Waals surface area contributed by atoms with E-state index in [-0.39, 0.29) is 0 Å². The van der Waals surface area contributed by atoms with E-state index in [1.165, 1.54) is 38.5 Å². The van der Waals surface area contributed by atoms with Gasteiger partial charge in [0.05, 0.1) is 13.7 Å². The third-order valence-electron chi connectivity index (χ3n) is 5.80. The van der Waals surface area contributed by atoms with Gasteiger partial charge in [-0.15, -0.1) is 0 Å². The number of nitrogens with two attached hydrogens (primary N) is 1. The van der Waals surface area contributed by atoms with Gasteiger partial charge in [0, 0.05) is 31.2 Å². The minimum atomic E-state index is -0.627. The van der Waals surface area contributed by atoms with Crippen LogP contribution in [0.5, 0.6) is 5.75 Å². The van der Waals surface area contributed by atoms with Crippen molar-refractivity contribution in [3.63, 3.8) is 0 Å². The van der Waals surface area contributed by atoms with Gasteiger partial charge >= 0.3 is 5.97 Å². The van der Waals surface area contributed by atoms with Crippen LogP contribution >= 0.6 is 0 Å². The predicted octanol–water partition coefficient (Wildman–Crippen LogP) is 3.59. The smallest absolute Gasteiger partial charge is 0.322 e. The summed E-state index contributed by atoms with van der Waals surface area (Å²) in [6.07, 6.45) is 10.3. The van der Waals surface area contributed by atoms with Gasteiger partial charge in [0.25, 0.3) is 0 Å². The van der Waals surface area contributed by atoms with E-state index in [1.807, 2.05) is 36.7 Å². The minimum Gasteiger partial charge on any atom is -0.494 e. The molecule has 2 aromatic rings. The number of esters is 1. The first kappa shape index (κ1) is 22.1. The molecule has 1 saturated heterocycles. The largest absolute Gasteiger partial charge is 0.494 e. The molecule has 0 bridgehead atoms. The van der Waals surface area contributed by atoms with E-state index in [0.29, 0.717) is 6.42 Å². The highest BCUT2D eigenvalue weighted by Gasteiger charge is 2.19. The monoisotopic (exact) mass is 411 g/mol. The number of anilines is 1. The average molecular weight is 412 g/mol. The van der Waals surface area contributed by atoms with E-state index < -0.39 is 12.0 Å². The lowest BCUT2D eigenvalue weighted by Crippen LogP contribution is -2.33. The summed E-state index contributed by atoms with van der Waals surface area (Å²) in [5.74, 6) is 1.29. The molecule has 1 unspecified atom stereocenters. The van der Waals surface area contributed by atoms with Gasteiger partial charge in [-0.2, -0.15) is 0 Å². The number of carbonyl (C=O) groups excluding carboxylic acids is 1. The van der Waals surface area contributed by atoms with Crippen LogP contribution in [-0.2, 0) is 16.0 Å². The van der Waals surface area contributed by atoms with Crippen molar-refractivity contribution in [2.24, 2.45) is 11.7 Å². The number of piperidine rings is 1. The summed E-state index contributed by atoms with van der Waals surface area (Å²) in [5, 5.41) is 0. The maximum absolute atomic E-state index is 11.4. The number of benzene rings is 1. The van der Waals surface area contributed by atoms with Crippen molar-refractivity contribution in [1.29, 1.82) is 0 Å². The number of carbonyl (C=O) groups is 1. The molecule has 2 heterocycles. The Morgan fingerprint density at radius 2 is 1.83 bits per heavy atom. The first-order valence-corrected chi connectivity index (χ1v) is 10.9. The van der Waals surface area contributed by atoms with Gasteiger partial charge in [0.15, 0.2) is 0 Å². The van der Waals surface area contributed by atoms with Gasteiger partial charge in [0.1, 0.15) is 11.8 Å². The van der Waals surface area contributed by atoms with E-state index in [2.05, 4.69) is 26.8 Å². The zero-order valence-electron chi connectivity index (χ0n) is 17.8. The molecule has 1 aromatic heterocycles. The number of hydrogen-bond donors (Lipinski definition) is 1. The second-order valence-electron chi connectivity index (χ2n) is 7.96. The Bertz CT molecular complexity index is 759. The molecule has 162 valence electrons. The molecular formula is C24H33N3O3. The fourth-order valence-corrected chi connectivity index (χ4v) is 3.97. The maximum atomic E-state index is 11.4. The van der Waals surface area contributed by atoms with Crippen LogP contribution in [0.1, 0.15) is 37.7 Å². The Labute approximate surface area is 179 Å². The third-order valence-corrected chi connectivity index (χ3v) is 5.80. The number of rotatable bonds is 10. The SMILES string of the molecule is COC(=O)C(N)Cc1ccc(OCCCCC2CCN(c3ccncc3)CC2)cc1. The summed E-state index contributed by atoms with van der Waals surface area (Å²) >= 11 is 0. The van der Waals surface area contributed by atoms with Crippen LogP contribution in [0.25, 0.3) is 0 Å². The molecule has 1 aliphatic heterocycles. The molecule has 3 rings (SSSR count). The van der Waals surface area contributed by atoms with Crippen LogP contribution < -0.4 is 15.4 Å². The molecule has 2 N–H and O–H groups in total. The van der Waals surface area contributed by atoms with Gasteiger partial charge in [0.2, 0.25) is 0 Å². The highest BCUT2D eigenvalue weighted by molar-refractivity contribution is 5.75. The zero-order chi connectivity index (χ0) is 21.2. The number of pyridine rings is 1. The zero-order valence-corrected chi connectivity index (χ0v) is 17.8. The third kappa shape index (κ3) is 6.73. The second-order valence-corrected chi connectivity index (χ2v) is 7.96. The fourth-order valence-electron chi connectivity index (χ4n) is 3.97. The van der Waals surface area contributed by atoms with Gasteiger partial charge in [-0.25, -0.2) is 0 Å². The molecule has 0 radical (unpaired) electrons. The van der Waals surface area contributed by atoms with E-state index in [0.717, 1.165) is 43.3 Å². The first-order valence-electron chi connectivity index (χ1n) is 10.9. The van der Waals surface area contributed by atoms with Crippen molar-refractivity contribution in [2.75, 3.05) is 31.7 Å². The van der Waals surface area contributed by atoms with E-state index in [1.54, 1.807) is 0 Å². The number of methoxy groups -OCH3 is 1. The van der Waals surface area contributed by atoms with Crippen LogP contribution in [-0.4, -0.2) is 43.8 Å². The molecule has 1 aromatic carbocycles. The fraction of sp³-hybridized carbons (Fsp3) is 0.500. The number of unbranched alkanes of at least 4 members (excludes halogenated alkanes) is 1. The molecule has 1 aliphatic rings. The number of aromatic nitrogens is 1. The Morgan fingerprint density at radius 1 is 1.13 bits per heavy atom. The van der Waals surface area contributed by atoms with Crippen molar-refractivity contribution < 1.29 is 14.3 Å². The highest BCUT2D eigenvalue weighted by Crippen LogP contribution is 2.26. The van der Waals surface area contributed by atoms with Crippen LogP contribution in [0.15, 0.2) is 48.8 Å². The lowest BCUT2D eigenvalue weighted by atomic mass is 9.91. The number of hydrogen-bond acceptors (Lipinski definition) is 6. The number of nitrogens with zero attached hydrogens (tertiary/aromatic N) is 2. The van der Waals surface area contributed by atoms with Crippen molar-refractivity contribution in [3.8, 4) is 5.75 Å². The molecular weight excluding hydrogens is 378 g/mol. The Balaban J connectivity index is 1.28. The molecule has 6 nitrogen and oxygen atoms in total. The summed E-state index contributed by atoms with van der Waals surface area (Å²) < 4.78 is 10.5. The molecule has 6 heteroatoms. The Kier molecular flexibility index (Phi) is 8.51. The summed E-state index contributed by atoms with van der Waals surface area (Å²) in [5.41, 5.74) is 8.08. The summed E-state index contributed by atoms with van der Waals surface area (Å²) in [7, 11) is 1.35. The lowest BCUT2D eigenvalue weighted by Gasteiger charge is -2.33. The van der Waals surface area contributed by atoms with Crippen LogP contribution in [0, 0.1) is 5.92 Å². The Morgan fingerprint density at radius 3 is 2.50 bits per heavy atom. The van der Waals surface area contributed by atoms with Gasteiger partial charge in [-0.3, -0.25) is 9.78 Å². The molecule has 0 amide bonds. The van der Waals surface area contributed by atoms with Crippen molar-refractivity contribution >= 4 is 11.7 Å². The standard InChI is InChI=1S/C24H33N3O3/c1-29-24(28)23(25)18-20-5-7-22(8-6-20)30-17-3-2-4-19-11-15-27(16-12-19)21-9-13-26-14-10-21/h5-10,13-14,19,23H,2-4,11-12,15-18,25H2,1H3. The van der Waals surface area contributed by atoms with E-state index in [4.69, 9.17) is 10.5 Å².